The molecule has 2 aromatic rings. The standard InChI is InChI=1S/C24H28O7/c1-6-22(25)30-18-10-8-7-9-16(18)17-13-19(31-24(26)14(17)2)15-11-20(27-3)23(29-5)21(12-15)28-4/h7-12,14,17,19H,6,13H2,1-5H3/t14-,17+,19+/m0/s1. The minimum Gasteiger partial charge on any atom is -0.493 e. The molecule has 7 nitrogen and oxygen atoms in total. The molecule has 3 atom stereocenters. The van der Waals surface area contributed by atoms with Crippen LogP contribution in [0.5, 0.6) is 23.0 Å². The van der Waals surface area contributed by atoms with Gasteiger partial charge in [-0.3, -0.25) is 9.59 Å². The van der Waals surface area contributed by atoms with Gasteiger partial charge in [-0.1, -0.05) is 32.0 Å². The molecule has 0 N–H and O–H groups in total. The van der Waals surface area contributed by atoms with Gasteiger partial charge >= 0.3 is 11.9 Å². The molecule has 7 heteroatoms. The number of ether oxygens (including phenoxy) is 5. The number of para-hydroxylation sites is 1. The Bertz CT molecular complexity index is 928. The Balaban J connectivity index is 1.99. The van der Waals surface area contributed by atoms with Gasteiger partial charge in [0.1, 0.15) is 11.9 Å². The van der Waals surface area contributed by atoms with Crippen LogP contribution in [-0.4, -0.2) is 33.3 Å². The van der Waals surface area contributed by atoms with Gasteiger partial charge in [0.15, 0.2) is 11.5 Å². The maximum absolute atomic E-state index is 12.8. The highest BCUT2D eigenvalue weighted by Gasteiger charge is 2.39. The number of methoxy groups -OCH3 is 3. The summed E-state index contributed by atoms with van der Waals surface area (Å²) in [5, 5.41) is 0. The monoisotopic (exact) mass is 428 g/mol. The molecule has 0 bridgehead atoms. The number of carbonyl (C=O) groups excluding carboxylic acids is 2. The molecule has 1 saturated heterocycles. The summed E-state index contributed by atoms with van der Waals surface area (Å²) < 4.78 is 27.6. The van der Waals surface area contributed by atoms with E-state index < -0.39 is 6.10 Å². The Morgan fingerprint density at radius 3 is 2.26 bits per heavy atom. The van der Waals surface area contributed by atoms with Crippen molar-refractivity contribution in [3.05, 3.63) is 47.5 Å². The zero-order valence-corrected chi connectivity index (χ0v) is 18.5. The van der Waals surface area contributed by atoms with E-state index in [2.05, 4.69) is 0 Å². The van der Waals surface area contributed by atoms with Crippen LogP contribution in [0.1, 0.15) is 49.8 Å². The summed E-state index contributed by atoms with van der Waals surface area (Å²) in [7, 11) is 4.61. The van der Waals surface area contributed by atoms with E-state index in [-0.39, 0.29) is 30.2 Å². The van der Waals surface area contributed by atoms with Gasteiger partial charge in [-0.25, -0.2) is 0 Å². The number of benzene rings is 2. The molecular weight excluding hydrogens is 400 g/mol. The Kier molecular flexibility index (Phi) is 7.05. The smallest absolute Gasteiger partial charge is 0.310 e. The lowest BCUT2D eigenvalue weighted by molar-refractivity contribution is -0.161. The first-order chi connectivity index (χ1) is 14.9. The summed E-state index contributed by atoms with van der Waals surface area (Å²) in [6, 6.07) is 10.9. The van der Waals surface area contributed by atoms with Gasteiger partial charge < -0.3 is 23.7 Å². The average Bonchev–Trinajstić information content (AvgIpc) is 2.80. The molecule has 1 fully saturated rings. The number of cyclic esters (lactones) is 1. The van der Waals surface area contributed by atoms with Crippen LogP contribution in [0.25, 0.3) is 0 Å². The van der Waals surface area contributed by atoms with Crippen molar-refractivity contribution in [3.8, 4) is 23.0 Å². The third-order valence-corrected chi connectivity index (χ3v) is 5.59. The zero-order chi connectivity index (χ0) is 22.5. The molecule has 0 aromatic heterocycles. The minimum absolute atomic E-state index is 0.189. The molecule has 166 valence electrons. The lowest BCUT2D eigenvalue weighted by Gasteiger charge is -2.34. The van der Waals surface area contributed by atoms with E-state index in [4.69, 9.17) is 23.7 Å². The number of hydrogen-bond acceptors (Lipinski definition) is 7. The molecule has 0 spiro atoms. The quantitative estimate of drug-likeness (QED) is 0.476. The fraction of sp³-hybridized carbons (Fsp3) is 0.417. The summed E-state index contributed by atoms with van der Waals surface area (Å²) in [4.78, 5) is 24.7. The molecule has 3 rings (SSSR count). The van der Waals surface area contributed by atoms with Crippen LogP contribution >= 0.6 is 0 Å². The van der Waals surface area contributed by atoms with E-state index in [1.807, 2.05) is 25.1 Å². The molecule has 0 amide bonds. The molecule has 31 heavy (non-hydrogen) atoms. The molecule has 0 unspecified atom stereocenters. The van der Waals surface area contributed by atoms with E-state index in [0.29, 0.717) is 29.4 Å². The van der Waals surface area contributed by atoms with E-state index >= 15 is 0 Å². The van der Waals surface area contributed by atoms with Gasteiger partial charge in [-0.05, 0) is 30.2 Å². The topological polar surface area (TPSA) is 80.3 Å². The second-order valence-corrected chi connectivity index (χ2v) is 7.38. The third-order valence-electron chi connectivity index (χ3n) is 5.59. The summed E-state index contributed by atoms with van der Waals surface area (Å²) in [6.45, 7) is 3.57. The van der Waals surface area contributed by atoms with Crippen molar-refractivity contribution in [1.82, 2.24) is 0 Å². The number of hydrogen-bond donors (Lipinski definition) is 0. The van der Waals surface area contributed by atoms with Gasteiger partial charge in [0.2, 0.25) is 5.75 Å². The predicted octanol–water partition coefficient (Wildman–Crippen LogP) is 4.44. The van der Waals surface area contributed by atoms with Crippen molar-refractivity contribution in [3.63, 3.8) is 0 Å². The first-order valence-corrected chi connectivity index (χ1v) is 10.2. The number of rotatable bonds is 7. The van der Waals surface area contributed by atoms with Gasteiger partial charge in [-0.15, -0.1) is 0 Å². The molecule has 0 radical (unpaired) electrons. The van der Waals surface area contributed by atoms with Crippen LogP contribution in [0.2, 0.25) is 0 Å². The van der Waals surface area contributed by atoms with Crippen molar-refractivity contribution in [2.75, 3.05) is 21.3 Å². The van der Waals surface area contributed by atoms with E-state index in [1.54, 1.807) is 25.1 Å². The van der Waals surface area contributed by atoms with Crippen molar-refractivity contribution in [2.24, 2.45) is 5.92 Å². The van der Waals surface area contributed by atoms with Gasteiger partial charge in [0.05, 0.1) is 27.2 Å². The normalized spacial score (nSPS) is 20.5. The second-order valence-electron chi connectivity index (χ2n) is 7.38. The minimum atomic E-state index is -0.516. The summed E-state index contributed by atoms with van der Waals surface area (Å²) in [5.41, 5.74) is 1.55. The first-order valence-electron chi connectivity index (χ1n) is 10.2. The Morgan fingerprint density at radius 1 is 1.03 bits per heavy atom. The van der Waals surface area contributed by atoms with Crippen molar-refractivity contribution in [1.29, 1.82) is 0 Å². The largest absolute Gasteiger partial charge is 0.493 e. The fourth-order valence-corrected chi connectivity index (χ4v) is 3.86. The Hall–Kier alpha value is -3.22. The van der Waals surface area contributed by atoms with Crippen LogP contribution in [0, 0.1) is 5.92 Å². The van der Waals surface area contributed by atoms with Crippen LogP contribution in [0.15, 0.2) is 36.4 Å². The predicted molar refractivity (Wildman–Crippen MR) is 114 cm³/mol. The molecule has 1 aliphatic rings. The summed E-state index contributed by atoms with van der Waals surface area (Å²) in [6.07, 6.45) is 0.272. The average molecular weight is 428 g/mol. The molecule has 1 aliphatic heterocycles. The van der Waals surface area contributed by atoms with Crippen molar-refractivity contribution >= 4 is 11.9 Å². The van der Waals surface area contributed by atoms with Crippen LogP contribution < -0.4 is 18.9 Å². The fourth-order valence-electron chi connectivity index (χ4n) is 3.86. The molecule has 2 aromatic carbocycles. The zero-order valence-electron chi connectivity index (χ0n) is 18.5. The maximum atomic E-state index is 12.8. The summed E-state index contributed by atoms with van der Waals surface area (Å²) in [5.74, 6) is 0.708. The second kappa shape index (κ2) is 9.73. The molecule has 1 heterocycles. The van der Waals surface area contributed by atoms with Crippen LogP contribution in [-0.2, 0) is 14.3 Å². The number of esters is 2. The van der Waals surface area contributed by atoms with E-state index in [0.717, 1.165) is 11.1 Å². The van der Waals surface area contributed by atoms with Gasteiger partial charge in [0, 0.05) is 17.9 Å². The van der Waals surface area contributed by atoms with Crippen molar-refractivity contribution < 1.29 is 33.3 Å². The first kappa shape index (κ1) is 22.5. The molecule has 0 saturated carbocycles. The highest BCUT2D eigenvalue weighted by Crippen LogP contribution is 2.47. The Labute approximate surface area is 182 Å². The maximum Gasteiger partial charge on any atom is 0.310 e. The SMILES string of the molecule is CCC(=O)Oc1ccccc1[C@@H]1C[C@H](c2cc(OC)c(OC)c(OC)c2)OC(=O)[C@H]1C. The van der Waals surface area contributed by atoms with Crippen LogP contribution in [0.4, 0.5) is 0 Å². The van der Waals surface area contributed by atoms with E-state index in [1.165, 1.54) is 21.3 Å². The van der Waals surface area contributed by atoms with Gasteiger partial charge in [0.25, 0.3) is 0 Å². The third kappa shape index (κ3) is 4.60. The molecule has 0 aliphatic carbocycles. The van der Waals surface area contributed by atoms with Gasteiger partial charge in [-0.2, -0.15) is 0 Å². The summed E-state index contributed by atoms with van der Waals surface area (Å²) >= 11 is 0. The lowest BCUT2D eigenvalue weighted by atomic mass is 9.79. The number of carbonyl (C=O) groups is 2. The van der Waals surface area contributed by atoms with Crippen LogP contribution in [0.3, 0.4) is 0 Å². The lowest BCUT2D eigenvalue weighted by Crippen LogP contribution is -2.31. The molecular formula is C24H28O7. The van der Waals surface area contributed by atoms with E-state index in [9.17, 15) is 9.59 Å². The highest BCUT2D eigenvalue weighted by molar-refractivity contribution is 5.76. The highest BCUT2D eigenvalue weighted by atomic mass is 16.6. The van der Waals surface area contributed by atoms with Crippen molar-refractivity contribution in [2.45, 2.75) is 38.7 Å². The Morgan fingerprint density at radius 2 is 1.68 bits per heavy atom.